The third kappa shape index (κ3) is 4.72. The maximum Gasteiger partial charge on any atom is 0.277 e. The molecule has 0 aliphatic rings. The van der Waals surface area contributed by atoms with Gasteiger partial charge in [-0.1, -0.05) is 18.2 Å². The zero-order valence-corrected chi connectivity index (χ0v) is 12.0. The summed E-state index contributed by atoms with van der Waals surface area (Å²) in [5, 5.41) is 4.00. The van der Waals surface area contributed by atoms with Crippen molar-refractivity contribution < 1.29 is 9.53 Å². The Morgan fingerprint density at radius 3 is 2.86 bits per heavy atom. The standard InChI is InChI=1S/C16H17N3O2/c1-12-6-5-7-14(10-12)21-11-16(20)19-18-13(2)15-8-3-4-9-17-15/h3-10H,11H2,1-2H3,(H,19,20). The molecule has 5 heteroatoms. The molecular formula is C16H17N3O2. The molecule has 0 spiro atoms. The Morgan fingerprint density at radius 1 is 1.29 bits per heavy atom. The van der Waals surface area contributed by atoms with Crippen molar-refractivity contribution in [3.05, 3.63) is 59.9 Å². The third-order valence-corrected chi connectivity index (χ3v) is 2.74. The zero-order valence-electron chi connectivity index (χ0n) is 12.0. The smallest absolute Gasteiger partial charge is 0.277 e. The minimum Gasteiger partial charge on any atom is -0.484 e. The minimum absolute atomic E-state index is 0.0809. The molecule has 1 aromatic carbocycles. The molecule has 0 saturated carbocycles. The highest BCUT2D eigenvalue weighted by molar-refractivity contribution is 5.97. The van der Waals surface area contributed by atoms with E-state index in [0.29, 0.717) is 11.5 Å². The zero-order chi connectivity index (χ0) is 15.1. The van der Waals surface area contributed by atoms with Crippen LogP contribution in [0.2, 0.25) is 0 Å². The molecule has 21 heavy (non-hydrogen) atoms. The number of rotatable bonds is 5. The van der Waals surface area contributed by atoms with Crippen LogP contribution in [0.25, 0.3) is 0 Å². The average molecular weight is 283 g/mol. The predicted molar refractivity (Wildman–Crippen MR) is 81.3 cm³/mol. The van der Waals surface area contributed by atoms with Crippen molar-refractivity contribution in [2.24, 2.45) is 5.10 Å². The Bertz CT molecular complexity index is 639. The van der Waals surface area contributed by atoms with E-state index < -0.39 is 0 Å². The van der Waals surface area contributed by atoms with Crippen LogP contribution in [-0.2, 0) is 4.79 Å². The first-order chi connectivity index (χ1) is 10.1. The lowest BCUT2D eigenvalue weighted by atomic mass is 10.2. The summed E-state index contributed by atoms with van der Waals surface area (Å²) in [6.45, 7) is 3.67. The van der Waals surface area contributed by atoms with E-state index in [0.717, 1.165) is 11.3 Å². The number of amides is 1. The van der Waals surface area contributed by atoms with E-state index in [9.17, 15) is 4.79 Å². The second-order valence-electron chi connectivity index (χ2n) is 4.55. The fraction of sp³-hybridized carbons (Fsp3) is 0.188. The molecule has 1 amide bonds. The van der Waals surface area contributed by atoms with Gasteiger partial charge in [0, 0.05) is 6.20 Å². The highest BCUT2D eigenvalue weighted by atomic mass is 16.5. The summed E-state index contributed by atoms with van der Waals surface area (Å²) in [6, 6.07) is 13.0. The number of hydrazone groups is 1. The molecule has 0 bridgehead atoms. The van der Waals surface area contributed by atoms with Crippen LogP contribution in [0.3, 0.4) is 0 Å². The number of hydrogen-bond donors (Lipinski definition) is 1. The van der Waals surface area contributed by atoms with Crippen LogP contribution in [0.5, 0.6) is 5.75 Å². The van der Waals surface area contributed by atoms with Gasteiger partial charge in [0.1, 0.15) is 5.75 Å². The molecule has 2 aromatic rings. The first kappa shape index (κ1) is 14.7. The molecule has 0 atom stereocenters. The number of benzene rings is 1. The van der Waals surface area contributed by atoms with Gasteiger partial charge in [-0.3, -0.25) is 9.78 Å². The van der Waals surface area contributed by atoms with Gasteiger partial charge in [-0.05, 0) is 43.7 Å². The molecule has 1 aromatic heterocycles. The number of carbonyl (C=O) groups is 1. The van der Waals surface area contributed by atoms with Gasteiger partial charge >= 0.3 is 0 Å². The van der Waals surface area contributed by atoms with Crippen LogP contribution < -0.4 is 10.2 Å². The summed E-state index contributed by atoms with van der Waals surface area (Å²) >= 11 is 0. The summed E-state index contributed by atoms with van der Waals surface area (Å²) in [5.74, 6) is 0.349. The lowest BCUT2D eigenvalue weighted by molar-refractivity contribution is -0.123. The lowest BCUT2D eigenvalue weighted by Crippen LogP contribution is -2.25. The first-order valence-corrected chi connectivity index (χ1v) is 6.59. The van der Waals surface area contributed by atoms with Gasteiger partial charge in [0.2, 0.25) is 0 Å². The monoisotopic (exact) mass is 283 g/mol. The van der Waals surface area contributed by atoms with E-state index in [1.807, 2.05) is 49.4 Å². The molecule has 5 nitrogen and oxygen atoms in total. The van der Waals surface area contributed by atoms with Gasteiger partial charge in [0.25, 0.3) is 5.91 Å². The van der Waals surface area contributed by atoms with Crippen LogP contribution in [-0.4, -0.2) is 23.2 Å². The largest absolute Gasteiger partial charge is 0.484 e. The molecule has 0 radical (unpaired) electrons. The predicted octanol–water partition coefficient (Wildman–Crippen LogP) is 2.31. The second-order valence-corrected chi connectivity index (χ2v) is 4.55. The number of nitrogens with zero attached hydrogens (tertiary/aromatic N) is 2. The molecule has 0 aliphatic carbocycles. The molecule has 2 rings (SSSR count). The molecule has 0 fully saturated rings. The van der Waals surface area contributed by atoms with Crippen LogP contribution in [0, 0.1) is 6.92 Å². The van der Waals surface area contributed by atoms with Crippen molar-refractivity contribution in [1.29, 1.82) is 0 Å². The molecule has 0 saturated heterocycles. The summed E-state index contributed by atoms with van der Waals surface area (Å²) in [7, 11) is 0. The molecule has 1 N–H and O–H groups in total. The van der Waals surface area contributed by atoms with Gasteiger partial charge in [0.05, 0.1) is 11.4 Å². The highest BCUT2D eigenvalue weighted by Gasteiger charge is 2.03. The van der Waals surface area contributed by atoms with E-state index in [1.54, 1.807) is 13.1 Å². The van der Waals surface area contributed by atoms with Crippen LogP contribution in [0.1, 0.15) is 18.2 Å². The average Bonchev–Trinajstić information content (AvgIpc) is 2.51. The van der Waals surface area contributed by atoms with E-state index in [1.165, 1.54) is 0 Å². The molecular weight excluding hydrogens is 266 g/mol. The van der Waals surface area contributed by atoms with Gasteiger partial charge in [-0.2, -0.15) is 5.10 Å². The summed E-state index contributed by atoms with van der Waals surface area (Å²) in [6.07, 6.45) is 1.68. The Balaban J connectivity index is 1.85. The Morgan fingerprint density at radius 2 is 2.14 bits per heavy atom. The normalized spacial score (nSPS) is 11.0. The number of pyridine rings is 1. The number of nitrogens with one attached hydrogen (secondary N) is 1. The van der Waals surface area contributed by atoms with Gasteiger partial charge in [-0.25, -0.2) is 5.43 Å². The van der Waals surface area contributed by atoms with Crippen molar-refractivity contribution in [1.82, 2.24) is 10.4 Å². The fourth-order valence-electron chi connectivity index (χ4n) is 1.67. The summed E-state index contributed by atoms with van der Waals surface area (Å²) < 4.78 is 5.39. The van der Waals surface area contributed by atoms with E-state index in [4.69, 9.17) is 4.74 Å². The van der Waals surface area contributed by atoms with Crippen molar-refractivity contribution in [2.45, 2.75) is 13.8 Å². The van der Waals surface area contributed by atoms with Crippen molar-refractivity contribution in [3.63, 3.8) is 0 Å². The number of hydrogen-bond acceptors (Lipinski definition) is 4. The van der Waals surface area contributed by atoms with Crippen molar-refractivity contribution in [3.8, 4) is 5.75 Å². The number of ether oxygens (including phenoxy) is 1. The Kier molecular flexibility index (Phi) is 5.04. The second kappa shape index (κ2) is 7.19. The highest BCUT2D eigenvalue weighted by Crippen LogP contribution is 2.11. The van der Waals surface area contributed by atoms with Gasteiger partial charge in [0.15, 0.2) is 6.61 Å². The summed E-state index contributed by atoms with van der Waals surface area (Å²) in [5.41, 5.74) is 4.89. The number of aryl methyl sites for hydroxylation is 1. The van der Waals surface area contributed by atoms with Gasteiger partial charge < -0.3 is 4.74 Å². The maximum absolute atomic E-state index is 11.7. The molecule has 0 unspecified atom stereocenters. The number of carbonyl (C=O) groups excluding carboxylic acids is 1. The van der Waals surface area contributed by atoms with Crippen molar-refractivity contribution in [2.75, 3.05) is 6.61 Å². The van der Waals surface area contributed by atoms with E-state index in [-0.39, 0.29) is 12.5 Å². The minimum atomic E-state index is -0.313. The maximum atomic E-state index is 11.7. The van der Waals surface area contributed by atoms with Gasteiger partial charge in [-0.15, -0.1) is 0 Å². The Labute approximate surface area is 123 Å². The molecule has 108 valence electrons. The topological polar surface area (TPSA) is 63.6 Å². The molecule has 0 aliphatic heterocycles. The Hall–Kier alpha value is -2.69. The summed E-state index contributed by atoms with van der Waals surface area (Å²) in [4.78, 5) is 15.8. The third-order valence-electron chi connectivity index (χ3n) is 2.74. The van der Waals surface area contributed by atoms with Crippen LogP contribution >= 0.6 is 0 Å². The van der Waals surface area contributed by atoms with Crippen LogP contribution in [0.15, 0.2) is 53.8 Å². The SMILES string of the molecule is CC(=NNC(=O)COc1cccc(C)c1)c1ccccn1. The van der Waals surface area contributed by atoms with Crippen molar-refractivity contribution >= 4 is 11.6 Å². The van der Waals surface area contributed by atoms with Crippen LogP contribution in [0.4, 0.5) is 0 Å². The molecule has 1 heterocycles. The fourth-order valence-corrected chi connectivity index (χ4v) is 1.67. The number of aromatic nitrogens is 1. The first-order valence-electron chi connectivity index (χ1n) is 6.59. The lowest BCUT2D eigenvalue weighted by Gasteiger charge is -2.06. The quantitative estimate of drug-likeness (QED) is 0.676. The van der Waals surface area contributed by atoms with E-state index >= 15 is 0 Å². The van der Waals surface area contributed by atoms with E-state index in [2.05, 4.69) is 15.5 Å².